The van der Waals surface area contributed by atoms with Crippen molar-refractivity contribution in [3.8, 4) is 0 Å². The third-order valence-corrected chi connectivity index (χ3v) is 6.18. The molecule has 3 aromatic carbocycles. The van der Waals surface area contributed by atoms with E-state index < -0.39 is 6.04 Å². The predicted molar refractivity (Wildman–Crippen MR) is 138 cm³/mol. The normalized spacial score (nSPS) is 12.6. The smallest absolute Gasteiger partial charge is 0.243 e. The zero-order valence-corrected chi connectivity index (χ0v) is 20.8. The molecule has 178 valence electrons. The van der Waals surface area contributed by atoms with E-state index in [-0.39, 0.29) is 24.3 Å². The molecule has 2 atom stereocenters. The summed E-state index contributed by atoms with van der Waals surface area (Å²) >= 11 is 0. The van der Waals surface area contributed by atoms with E-state index in [0.29, 0.717) is 13.0 Å². The fraction of sp³-hybridized carbons (Fsp3) is 0.333. The fourth-order valence-electron chi connectivity index (χ4n) is 3.98. The number of hydrogen-bond donors (Lipinski definition) is 1. The molecule has 2 amide bonds. The Hall–Kier alpha value is -3.40. The van der Waals surface area contributed by atoms with Crippen LogP contribution in [0.3, 0.4) is 0 Å². The van der Waals surface area contributed by atoms with Gasteiger partial charge in [-0.2, -0.15) is 0 Å². The first-order valence-electron chi connectivity index (χ1n) is 12.1. The summed E-state index contributed by atoms with van der Waals surface area (Å²) in [6.45, 7) is 8.50. The molecule has 0 spiro atoms. The van der Waals surface area contributed by atoms with Crippen molar-refractivity contribution in [3.63, 3.8) is 0 Å². The molecule has 3 aromatic rings. The first kappa shape index (κ1) is 25.2. The molecule has 0 saturated carbocycles. The van der Waals surface area contributed by atoms with Crippen LogP contribution in [-0.2, 0) is 29.0 Å². The molecule has 0 aliphatic heterocycles. The highest BCUT2D eigenvalue weighted by molar-refractivity contribution is 5.89. The van der Waals surface area contributed by atoms with Gasteiger partial charge >= 0.3 is 0 Å². The van der Waals surface area contributed by atoms with Gasteiger partial charge in [0.25, 0.3) is 0 Å². The maximum Gasteiger partial charge on any atom is 0.243 e. The Labute approximate surface area is 204 Å². The van der Waals surface area contributed by atoms with Crippen LogP contribution in [0.25, 0.3) is 0 Å². The minimum atomic E-state index is -0.602. The van der Waals surface area contributed by atoms with E-state index in [2.05, 4.69) is 11.4 Å². The summed E-state index contributed by atoms with van der Waals surface area (Å²) in [5.41, 5.74) is 5.29. The maximum absolute atomic E-state index is 13.7. The van der Waals surface area contributed by atoms with Gasteiger partial charge in [-0.3, -0.25) is 9.59 Å². The lowest BCUT2D eigenvalue weighted by molar-refractivity contribution is -0.141. The van der Waals surface area contributed by atoms with Crippen LogP contribution in [0.2, 0.25) is 0 Å². The van der Waals surface area contributed by atoms with Gasteiger partial charge < -0.3 is 10.2 Å². The first-order chi connectivity index (χ1) is 16.4. The molecule has 0 aliphatic rings. The molecular weight excluding hydrogens is 420 g/mol. The highest BCUT2D eigenvalue weighted by atomic mass is 16.2. The third-order valence-electron chi connectivity index (χ3n) is 6.18. The zero-order valence-electron chi connectivity index (χ0n) is 20.8. The van der Waals surface area contributed by atoms with Crippen LogP contribution < -0.4 is 5.32 Å². The SMILES string of the molecule is CCC(C)NC(=O)C(Cc1ccccc1)N(Cc1cccc(C)c1)C(=O)Cc1ccc(C)cc1. The second kappa shape index (κ2) is 12.2. The minimum absolute atomic E-state index is 0.0405. The molecule has 0 heterocycles. The third kappa shape index (κ3) is 7.31. The molecule has 0 aliphatic carbocycles. The van der Waals surface area contributed by atoms with Gasteiger partial charge in [0, 0.05) is 19.0 Å². The molecule has 0 fully saturated rings. The van der Waals surface area contributed by atoms with Crippen LogP contribution in [0.1, 0.15) is 48.1 Å². The van der Waals surface area contributed by atoms with Gasteiger partial charge in [0.15, 0.2) is 0 Å². The second-order valence-electron chi connectivity index (χ2n) is 9.20. The van der Waals surface area contributed by atoms with Gasteiger partial charge in [0.2, 0.25) is 11.8 Å². The van der Waals surface area contributed by atoms with Crippen molar-refractivity contribution in [3.05, 3.63) is 107 Å². The van der Waals surface area contributed by atoms with E-state index in [9.17, 15) is 9.59 Å². The molecule has 0 aromatic heterocycles. The second-order valence-corrected chi connectivity index (χ2v) is 9.20. The summed E-state index contributed by atoms with van der Waals surface area (Å²) in [5.74, 6) is -0.159. The number of nitrogens with one attached hydrogen (secondary N) is 1. The van der Waals surface area contributed by atoms with Crippen molar-refractivity contribution >= 4 is 11.8 Å². The van der Waals surface area contributed by atoms with Crippen molar-refractivity contribution in [2.75, 3.05) is 0 Å². The number of amides is 2. The van der Waals surface area contributed by atoms with Crippen molar-refractivity contribution < 1.29 is 9.59 Å². The molecule has 1 N–H and O–H groups in total. The number of carbonyl (C=O) groups excluding carboxylic acids is 2. The number of aryl methyl sites for hydroxylation is 2. The van der Waals surface area contributed by atoms with Crippen LogP contribution in [0.5, 0.6) is 0 Å². The molecule has 4 heteroatoms. The van der Waals surface area contributed by atoms with Crippen LogP contribution in [0.4, 0.5) is 0 Å². The van der Waals surface area contributed by atoms with E-state index in [1.54, 1.807) is 4.90 Å². The van der Waals surface area contributed by atoms with E-state index >= 15 is 0 Å². The van der Waals surface area contributed by atoms with Gasteiger partial charge in [-0.05, 0) is 43.9 Å². The summed E-state index contributed by atoms with van der Waals surface area (Å²) < 4.78 is 0. The monoisotopic (exact) mass is 456 g/mol. The average molecular weight is 457 g/mol. The van der Waals surface area contributed by atoms with Gasteiger partial charge in [-0.15, -0.1) is 0 Å². The molecule has 0 saturated heterocycles. The van der Waals surface area contributed by atoms with Crippen LogP contribution in [-0.4, -0.2) is 28.8 Å². The Balaban J connectivity index is 1.96. The van der Waals surface area contributed by atoms with Gasteiger partial charge in [-0.25, -0.2) is 0 Å². The largest absolute Gasteiger partial charge is 0.352 e. The number of benzene rings is 3. The number of rotatable bonds is 10. The van der Waals surface area contributed by atoms with Crippen LogP contribution in [0.15, 0.2) is 78.9 Å². The van der Waals surface area contributed by atoms with Gasteiger partial charge in [0.1, 0.15) is 6.04 Å². The molecule has 0 radical (unpaired) electrons. The Morgan fingerprint density at radius 1 is 0.824 bits per heavy atom. The quantitative estimate of drug-likeness (QED) is 0.444. The number of nitrogens with zero attached hydrogens (tertiary/aromatic N) is 1. The first-order valence-corrected chi connectivity index (χ1v) is 12.1. The maximum atomic E-state index is 13.7. The standard InChI is InChI=1S/C30H36N2O2/c1-5-24(4)31-30(34)28(19-25-11-7-6-8-12-25)32(21-27-13-9-10-23(3)18-27)29(33)20-26-16-14-22(2)15-17-26/h6-18,24,28H,5,19-21H2,1-4H3,(H,31,34). The fourth-order valence-corrected chi connectivity index (χ4v) is 3.98. The summed E-state index contributed by atoms with van der Waals surface area (Å²) in [4.78, 5) is 29.0. The molecule has 3 rings (SSSR count). The van der Waals surface area contributed by atoms with E-state index in [0.717, 1.165) is 34.2 Å². The van der Waals surface area contributed by atoms with Crippen molar-refractivity contribution in [2.45, 2.75) is 65.6 Å². The Kier molecular flexibility index (Phi) is 9.03. The lowest BCUT2D eigenvalue weighted by Crippen LogP contribution is -2.52. The minimum Gasteiger partial charge on any atom is -0.352 e. The lowest BCUT2D eigenvalue weighted by atomic mass is 10.0. The number of carbonyl (C=O) groups is 2. The Morgan fingerprint density at radius 2 is 1.50 bits per heavy atom. The molecule has 34 heavy (non-hydrogen) atoms. The molecule has 4 nitrogen and oxygen atoms in total. The summed E-state index contributed by atoms with van der Waals surface area (Å²) in [6.07, 6.45) is 1.56. The Bertz CT molecular complexity index is 1080. The Morgan fingerprint density at radius 3 is 2.15 bits per heavy atom. The average Bonchev–Trinajstić information content (AvgIpc) is 2.83. The highest BCUT2D eigenvalue weighted by Gasteiger charge is 2.31. The van der Waals surface area contributed by atoms with Gasteiger partial charge in [0.05, 0.1) is 6.42 Å². The van der Waals surface area contributed by atoms with E-state index in [1.165, 1.54) is 0 Å². The van der Waals surface area contributed by atoms with Crippen molar-refractivity contribution in [2.24, 2.45) is 0 Å². The summed E-state index contributed by atoms with van der Waals surface area (Å²) in [5, 5.41) is 3.12. The molecule has 2 unspecified atom stereocenters. The van der Waals surface area contributed by atoms with Gasteiger partial charge in [-0.1, -0.05) is 96.9 Å². The number of hydrogen-bond acceptors (Lipinski definition) is 2. The predicted octanol–water partition coefficient (Wildman–Crippen LogP) is 5.40. The summed E-state index contributed by atoms with van der Waals surface area (Å²) in [6, 6.07) is 25.5. The molecule has 0 bridgehead atoms. The van der Waals surface area contributed by atoms with Crippen LogP contribution >= 0.6 is 0 Å². The van der Waals surface area contributed by atoms with E-state index in [4.69, 9.17) is 0 Å². The highest BCUT2D eigenvalue weighted by Crippen LogP contribution is 2.18. The summed E-state index contributed by atoms with van der Waals surface area (Å²) in [7, 11) is 0. The zero-order chi connectivity index (χ0) is 24.5. The topological polar surface area (TPSA) is 49.4 Å². The lowest BCUT2D eigenvalue weighted by Gasteiger charge is -2.32. The van der Waals surface area contributed by atoms with Crippen LogP contribution in [0, 0.1) is 13.8 Å². The van der Waals surface area contributed by atoms with Crippen molar-refractivity contribution in [1.29, 1.82) is 0 Å². The molecular formula is C30H36N2O2. The van der Waals surface area contributed by atoms with E-state index in [1.807, 2.05) is 100 Å². The van der Waals surface area contributed by atoms with Crippen molar-refractivity contribution in [1.82, 2.24) is 10.2 Å².